The van der Waals surface area contributed by atoms with Gasteiger partial charge in [-0.3, -0.25) is 4.68 Å². The van der Waals surface area contributed by atoms with E-state index in [9.17, 15) is 0 Å². The summed E-state index contributed by atoms with van der Waals surface area (Å²) in [5.74, 6) is 0. The second-order valence-electron chi connectivity index (χ2n) is 4.94. The van der Waals surface area contributed by atoms with Crippen LogP contribution in [0, 0.1) is 6.92 Å². The van der Waals surface area contributed by atoms with Gasteiger partial charge in [0.25, 0.3) is 0 Å². The molecule has 0 atom stereocenters. The van der Waals surface area contributed by atoms with Crippen molar-refractivity contribution in [3.05, 3.63) is 52.3 Å². The fourth-order valence-electron chi connectivity index (χ4n) is 2.38. The molecule has 1 aliphatic heterocycles. The molecule has 1 aromatic heterocycles. The van der Waals surface area contributed by atoms with Crippen molar-refractivity contribution in [1.29, 1.82) is 0 Å². The molecule has 0 N–H and O–H groups in total. The monoisotopic (exact) mass is 306 g/mol. The minimum absolute atomic E-state index is 0.0717. The second-order valence-corrected chi connectivity index (χ2v) is 5.85. The Morgan fingerprint density at radius 1 is 1.39 bits per heavy atom. The molecule has 4 heteroatoms. The molecule has 0 bridgehead atoms. The second kappa shape index (κ2) is 4.52. The fourth-order valence-corrected chi connectivity index (χ4v) is 2.78. The normalized spacial score (nSPS) is 17.4. The number of halogens is 1. The molecule has 0 unspecified atom stereocenters. The third kappa shape index (κ3) is 2.10. The van der Waals surface area contributed by atoms with Gasteiger partial charge in [0.2, 0.25) is 0 Å². The number of rotatable bonds is 3. The Hall–Kier alpha value is -1.13. The molecule has 1 aromatic carbocycles. The van der Waals surface area contributed by atoms with E-state index in [-0.39, 0.29) is 5.41 Å². The molecule has 0 spiro atoms. The van der Waals surface area contributed by atoms with Gasteiger partial charge in [-0.2, -0.15) is 5.10 Å². The molecule has 2 aromatic rings. The number of hydrogen-bond acceptors (Lipinski definition) is 2. The highest BCUT2D eigenvalue weighted by molar-refractivity contribution is 9.10. The van der Waals surface area contributed by atoms with Crippen molar-refractivity contribution < 1.29 is 4.74 Å². The van der Waals surface area contributed by atoms with E-state index in [2.05, 4.69) is 45.3 Å². The molecule has 2 heterocycles. The van der Waals surface area contributed by atoms with Crippen LogP contribution >= 0.6 is 15.9 Å². The number of aromatic nitrogens is 2. The van der Waals surface area contributed by atoms with E-state index < -0.39 is 0 Å². The summed E-state index contributed by atoms with van der Waals surface area (Å²) in [7, 11) is 0. The number of benzene rings is 1. The van der Waals surface area contributed by atoms with Crippen LogP contribution in [0.25, 0.3) is 0 Å². The topological polar surface area (TPSA) is 27.1 Å². The van der Waals surface area contributed by atoms with Gasteiger partial charge in [0, 0.05) is 10.7 Å². The van der Waals surface area contributed by atoms with Crippen LogP contribution in [0.5, 0.6) is 0 Å². The zero-order chi connectivity index (χ0) is 12.6. The molecule has 0 saturated carbocycles. The van der Waals surface area contributed by atoms with E-state index in [4.69, 9.17) is 4.74 Å². The van der Waals surface area contributed by atoms with Gasteiger partial charge in [-0.15, -0.1) is 0 Å². The van der Waals surface area contributed by atoms with E-state index in [1.54, 1.807) is 0 Å². The van der Waals surface area contributed by atoms with Crippen LogP contribution in [0.1, 0.15) is 11.3 Å². The smallest absolute Gasteiger partial charge is 0.0616 e. The van der Waals surface area contributed by atoms with Crippen LogP contribution in [0.2, 0.25) is 0 Å². The van der Waals surface area contributed by atoms with Gasteiger partial charge in [0.05, 0.1) is 30.9 Å². The molecule has 94 valence electrons. The zero-order valence-electron chi connectivity index (χ0n) is 10.3. The van der Waals surface area contributed by atoms with Gasteiger partial charge >= 0.3 is 0 Å². The Morgan fingerprint density at radius 2 is 2.22 bits per heavy atom. The molecule has 1 fully saturated rings. The number of hydrogen-bond donors (Lipinski definition) is 0. The van der Waals surface area contributed by atoms with Crippen molar-refractivity contribution in [2.75, 3.05) is 13.2 Å². The van der Waals surface area contributed by atoms with E-state index in [0.29, 0.717) is 0 Å². The first-order valence-corrected chi connectivity index (χ1v) is 6.81. The predicted octanol–water partition coefficient (Wildman–Crippen LogP) is 2.92. The van der Waals surface area contributed by atoms with Crippen molar-refractivity contribution in [1.82, 2.24) is 9.78 Å². The molecule has 1 aliphatic rings. The van der Waals surface area contributed by atoms with E-state index in [1.165, 1.54) is 5.56 Å². The number of aryl methyl sites for hydroxylation is 1. The van der Waals surface area contributed by atoms with Crippen LogP contribution in [-0.2, 0) is 16.7 Å². The number of nitrogens with zero attached hydrogens (tertiary/aromatic N) is 2. The first kappa shape index (κ1) is 11.9. The van der Waals surface area contributed by atoms with Crippen LogP contribution in [-0.4, -0.2) is 23.0 Å². The summed E-state index contributed by atoms with van der Waals surface area (Å²) in [6.07, 6.45) is 2.04. The van der Waals surface area contributed by atoms with E-state index >= 15 is 0 Å². The molecule has 3 rings (SSSR count). The van der Waals surface area contributed by atoms with Gasteiger partial charge in [-0.25, -0.2) is 0 Å². The van der Waals surface area contributed by atoms with Gasteiger partial charge in [0.1, 0.15) is 0 Å². The van der Waals surface area contributed by atoms with Crippen LogP contribution in [0.3, 0.4) is 0 Å². The Kier molecular flexibility index (Phi) is 2.99. The lowest BCUT2D eigenvalue weighted by Crippen LogP contribution is -2.50. The summed E-state index contributed by atoms with van der Waals surface area (Å²) in [6.45, 7) is 4.42. The molecule has 0 amide bonds. The summed E-state index contributed by atoms with van der Waals surface area (Å²) in [5.41, 5.74) is 2.44. The minimum atomic E-state index is 0.0717. The van der Waals surface area contributed by atoms with E-state index in [1.807, 2.05) is 23.9 Å². The maximum Gasteiger partial charge on any atom is 0.0616 e. The fraction of sp³-hybridized carbons (Fsp3) is 0.357. The van der Waals surface area contributed by atoms with Crippen molar-refractivity contribution in [2.24, 2.45) is 0 Å². The predicted molar refractivity (Wildman–Crippen MR) is 73.6 cm³/mol. The lowest BCUT2D eigenvalue weighted by Gasteiger charge is -2.42. The van der Waals surface area contributed by atoms with Crippen molar-refractivity contribution >= 4 is 15.9 Å². The van der Waals surface area contributed by atoms with Crippen LogP contribution < -0.4 is 0 Å². The molecule has 18 heavy (non-hydrogen) atoms. The van der Waals surface area contributed by atoms with Crippen molar-refractivity contribution in [2.45, 2.75) is 18.9 Å². The SMILES string of the molecule is Cc1ccn(CC2(c3cccc(Br)c3)COC2)n1. The van der Waals surface area contributed by atoms with Crippen LogP contribution in [0.4, 0.5) is 0 Å². The maximum absolute atomic E-state index is 5.46. The molecule has 0 aliphatic carbocycles. The van der Waals surface area contributed by atoms with Gasteiger partial charge in [-0.1, -0.05) is 28.1 Å². The molecular weight excluding hydrogens is 292 g/mol. The van der Waals surface area contributed by atoms with Crippen molar-refractivity contribution in [3.63, 3.8) is 0 Å². The molecule has 3 nitrogen and oxygen atoms in total. The highest BCUT2D eigenvalue weighted by Crippen LogP contribution is 2.35. The zero-order valence-corrected chi connectivity index (χ0v) is 11.9. The Bertz CT molecular complexity index is 560. The first-order chi connectivity index (χ1) is 8.68. The van der Waals surface area contributed by atoms with Gasteiger partial charge in [-0.05, 0) is 30.7 Å². The molecule has 1 saturated heterocycles. The summed E-state index contributed by atoms with van der Waals surface area (Å²) in [6, 6.07) is 10.5. The van der Waals surface area contributed by atoms with E-state index in [0.717, 1.165) is 29.9 Å². The highest BCUT2D eigenvalue weighted by atomic mass is 79.9. The van der Waals surface area contributed by atoms with Crippen LogP contribution in [0.15, 0.2) is 41.0 Å². The third-order valence-corrected chi connectivity index (χ3v) is 3.93. The lowest BCUT2D eigenvalue weighted by molar-refractivity contribution is -0.0701. The highest BCUT2D eigenvalue weighted by Gasteiger charge is 2.41. The summed E-state index contributed by atoms with van der Waals surface area (Å²) in [4.78, 5) is 0. The Morgan fingerprint density at radius 3 is 2.78 bits per heavy atom. The largest absolute Gasteiger partial charge is 0.379 e. The maximum atomic E-state index is 5.46. The molecule has 0 radical (unpaired) electrons. The molecular formula is C14H15BrN2O. The van der Waals surface area contributed by atoms with Gasteiger partial charge in [0.15, 0.2) is 0 Å². The Balaban J connectivity index is 1.90. The quantitative estimate of drug-likeness (QED) is 0.872. The summed E-state index contributed by atoms with van der Waals surface area (Å²) < 4.78 is 8.58. The van der Waals surface area contributed by atoms with Crippen molar-refractivity contribution in [3.8, 4) is 0 Å². The lowest BCUT2D eigenvalue weighted by atomic mass is 9.78. The summed E-state index contributed by atoms with van der Waals surface area (Å²) >= 11 is 3.53. The average Bonchev–Trinajstić information content (AvgIpc) is 2.69. The third-order valence-electron chi connectivity index (χ3n) is 3.43. The standard InChI is InChI=1S/C14H15BrN2O/c1-11-5-6-17(16-11)8-14(9-18-10-14)12-3-2-4-13(15)7-12/h2-7H,8-10H2,1H3. The minimum Gasteiger partial charge on any atom is -0.379 e. The van der Waals surface area contributed by atoms with Gasteiger partial charge < -0.3 is 4.74 Å². The number of ether oxygens (including phenoxy) is 1. The summed E-state index contributed by atoms with van der Waals surface area (Å²) in [5, 5.41) is 4.47. The Labute approximate surface area is 115 Å². The first-order valence-electron chi connectivity index (χ1n) is 6.02. The average molecular weight is 307 g/mol.